The predicted molar refractivity (Wildman–Crippen MR) is 72.2 cm³/mol. The molecule has 0 saturated carbocycles. The summed E-state index contributed by atoms with van der Waals surface area (Å²) in [6.07, 6.45) is 3.61. The zero-order chi connectivity index (χ0) is 11.9. The fourth-order valence-electron chi connectivity index (χ4n) is 1.57. The maximum Gasteiger partial charge on any atom is 0.0400 e. The third-order valence-corrected chi connectivity index (χ3v) is 3.34. The van der Waals surface area contributed by atoms with Gasteiger partial charge in [0.25, 0.3) is 0 Å². The Hall–Kier alpha value is -0.530. The molecule has 1 nitrogen and oxygen atoms in total. The molecule has 0 unspecified atom stereocenters. The van der Waals surface area contributed by atoms with Crippen LogP contribution in [0.4, 0.5) is 0 Å². The summed E-state index contributed by atoms with van der Waals surface area (Å²) in [5.74, 6) is 0.658. The molecule has 16 heavy (non-hydrogen) atoms. The van der Waals surface area contributed by atoms with Crippen molar-refractivity contribution in [2.24, 2.45) is 0 Å². The van der Waals surface area contributed by atoms with Gasteiger partial charge in [-0.1, -0.05) is 30.3 Å². The van der Waals surface area contributed by atoms with E-state index >= 15 is 0 Å². The summed E-state index contributed by atoms with van der Waals surface area (Å²) in [7, 11) is 0. The molecule has 0 radical (unpaired) electrons. The molecule has 0 atom stereocenters. The van der Waals surface area contributed by atoms with Crippen LogP contribution in [0.3, 0.4) is 0 Å². The largest absolute Gasteiger partial charge is 0.311 e. The Morgan fingerprint density at radius 3 is 2.44 bits per heavy atom. The van der Waals surface area contributed by atoms with E-state index in [-0.39, 0.29) is 5.54 Å². The molecule has 1 N–H and O–H groups in total. The predicted octanol–water partition coefficient (Wildman–Crippen LogP) is 3.62. The number of nitrogens with one attached hydrogen (secondary N) is 1. The molecule has 1 aromatic rings. The van der Waals surface area contributed by atoms with Gasteiger partial charge in [-0.05, 0) is 45.2 Å². The first-order valence-corrected chi connectivity index (χ1v) is 6.52. The van der Waals surface area contributed by atoms with Crippen molar-refractivity contribution >= 4 is 11.6 Å². The van der Waals surface area contributed by atoms with Crippen LogP contribution in [0, 0.1) is 0 Å². The van der Waals surface area contributed by atoms with Crippen LogP contribution in [-0.4, -0.2) is 18.0 Å². The molecule has 0 saturated heterocycles. The van der Waals surface area contributed by atoms with Gasteiger partial charge in [0.15, 0.2) is 0 Å². The lowest BCUT2D eigenvalue weighted by Gasteiger charge is -2.23. The van der Waals surface area contributed by atoms with Crippen LogP contribution >= 0.6 is 11.6 Å². The Labute approximate surface area is 104 Å². The van der Waals surface area contributed by atoms with E-state index in [0.717, 1.165) is 6.54 Å². The molecule has 1 aromatic carbocycles. The molecule has 0 spiro atoms. The Morgan fingerprint density at radius 1 is 1.12 bits per heavy atom. The number of alkyl halides is 1. The third kappa shape index (κ3) is 5.53. The first-order valence-electron chi connectivity index (χ1n) is 5.99. The van der Waals surface area contributed by atoms with E-state index in [0.29, 0.717) is 5.88 Å². The zero-order valence-electron chi connectivity index (χ0n) is 10.3. The quantitative estimate of drug-likeness (QED) is 0.566. The number of benzene rings is 1. The molecular weight excluding hydrogens is 218 g/mol. The van der Waals surface area contributed by atoms with Crippen LogP contribution in [-0.2, 0) is 6.42 Å². The Morgan fingerprint density at radius 2 is 1.81 bits per heavy atom. The minimum absolute atomic E-state index is 0.0638. The second kappa shape index (κ2) is 6.93. The molecule has 90 valence electrons. The van der Waals surface area contributed by atoms with Gasteiger partial charge in [0.2, 0.25) is 0 Å². The van der Waals surface area contributed by atoms with Crippen molar-refractivity contribution in [2.45, 2.75) is 38.6 Å². The van der Waals surface area contributed by atoms with E-state index < -0.39 is 0 Å². The summed E-state index contributed by atoms with van der Waals surface area (Å²) >= 11 is 5.84. The molecule has 0 aliphatic rings. The molecule has 0 aromatic heterocycles. The van der Waals surface area contributed by atoms with Crippen molar-refractivity contribution in [1.29, 1.82) is 0 Å². The highest BCUT2D eigenvalue weighted by atomic mass is 35.5. The van der Waals surface area contributed by atoms with Gasteiger partial charge in [0, 0.05) is 11.4 Å². The minimum Gasteiger partial charge on any atom is -0.311 e. The number of hydrogen-bond donors (Lipinski definition) is 1. The summed E-state index contributed by atoms with van der Waals surface area (Å²) in [6.45, 7) is 5.32. The smallest absolute Gasteiger partial charge is 0.0400 e. The molecule has 1 rings (SSSR count). The van der Waals surface area contributed by atoms with Crippen molar-refractivity contribution < 1.29 is 0 Å². The summed E-state index contributed by atoms with van der Waals surface area (Å²) in [6, 6.07) is 10.6. The second-order valence-electron chi connectivity index (χ2n) is 4.89. The van der Waals surface area contributed by atoms with Crippen LogP contribution in [0.15, 0.2) is 30.3 Å². The highest BCUT2D eigenvalue weighted by Crippen LogP contribution is 2.06. The fraction of sp³-hybridized carbons (Fsp3) is 0.571. The summed E-state index contributed by atoms with van der Waals surface area (Å²) in [5, 5.41) is 3.46. The Kier molecular flexibility index (Phi) is 5.86. The van der Waals surface area contributed by atoms with E-state index in [2.05, 4.69) is 49.5 Å². The summed E-state index contributed by atoms with van der Waals surface area (Å²) in [4.78, 5) is 0. The first kappa shape index (κ1) is 13.5. The van der Waals surface area contributed by atoms with E-state index in [9.17, 15) is 0 Å². The maximum absolute atomic E-state index is 5.84. The highest BCUT2D eigenvalue weighted by Gasteiger charge is 2.13. The molecule has 0 aliphatic carbocycles. The average molecular weight is 240 g/mol. The zero-order valence-corrected chi connectivity index (χ0v) is 11.1. The van der Waals surface area contributed by atoms with Crippen molar-refractivity contribution in [1.82, 2.24) is 5.32 Å². The summed E-state index contributed by atoms with van der Waals surface area (Å²) < 4.78 is 0. The van der Waals surface area contributed by atoms with Crippen molar-refractivity contribution in [3.05, 3.63) is 35.9 Å². The monoisotopic (exact) mass is 239 g/mol. The minimum atomic E-state index is 0.0638. The number of aryl methyl sites for hydroxylation is 1. The van der Waals surface area contributed by atoms with Gasteiger partial charge in [0.05, 0.1) is 0 Å². The van der Waals surface area contributed by atoms with Crippen LogP contribution < -0.4 is 5.32 Å². The molecule has 0 bridgehead atoms. The lowest BCUT2D eigenvalue weighted by atomic mass is 10.1. The standard InChI is InChI=1S/C14H22ClN/c1-14(2,12-15)16-11-7-6-10-13-8-4-3-5-9-13/h3-5,8-9,16H,6-7,10-12H2,1-2H3. The van der Waals surface area contributed by atoms with Crippen LogP contribution in [0.1, 0.15) is 32.3 Å². The fourth-order valence-corrected chi connectivity index (χ4v) is 1.67. The van der Waals surface area contributed by atoms with Gasteiger partial charge in [-0.3, -0.25) is 0 Å². The molecular formula is C14H22ClN. The third-order valence-electron chi connectivity index (χ3n) is 2.67. The number of halogens is 1. The van der Waals surface area contributed by atoms with Crippen molar-refractivity contribution in [3.8, 4) is 0 Å². The van der Waals surface area contributed by atoms with E-state index in [1.54, 1.807) is 0 Å². The van der Waals surface area contributed by atoms with Crippen LogP contribution in [0.5, 0.6) is 0 Å². The molecule has 0 amide bonds. The van der Waals surface area contributed by atoms with Crippen LogP contribution in [0.2, 0.25) is 0 Å². The average Bonchev–Trinajstić information content (AvgIpc) is 2.30. The highest BCUT2D eigenvalue weighted by molar-refractivity contribution is 6.18. The van der Waals surface area contributed by atoms with Gasteiger partial charge >= 0.3 is 0 Å². The first-order chi connectivity index (χ1) is 7.64. The van der Waals surface area contributed by atoms with Gasteiger partial charge in [0.1, 0.15) is 0 Å². The lowest BCUT2D eigenvalue weighted by Crippen LogP contribution is -2.41. The normalized spacial score (nSPS) is 11.7. The molecule has 0 aliphatic heterocycles. The van der Waals surface area contributed by atoms with Crippen molar-refractivity contribution in [2.75, 3.05) is 12.4 Å². The summed E-state index contributed by atoms with van der Waals surface area (Å²) in [5.41, 5.74) is 1.49. The SMILES string of the molecule is CC(C)(CCl)NCCCCc1ccccc1. The van der Waals surface area contributed by atoms with E-state index in [1.165, 1.54) is 24.8 Å². The van der Waals surface area contributed by atoms with Gasteiger partial charge < -0.3 is 5.32 Å². The Balaban J connectivity index is 2.09. The number of unbranched alkanes of at least 4 members (excludes halogenated alkanes) is 1. The second-order valence-corrected chi connectivity index (χ2v) is 5.15. The topological polar surface area (TPSA) is 12.0 Å². The van der Waals surface area contributed by atoms with E-state index in [1.807, 2.05) is 0 Å². The molecule has 0 fully saturated rings. The van der Waals surface area contributed by atoms with Gasteiger partial charge in [-0.15, -0.1) is 11.6 Å². The molecule has 2 heteroatoms. The van der Waals surface area contributed by atoms with Gasteiger partial charge in [-0.25, -0.2) is 0 Å². The lowest BCUT2D eigenvalue weighted by molar-refractivity contribution is 0.424. The van der Waals surface area contributed by atoms with E-state index in [4.69, 9.17) is 11.6 Å². The number of hydrogen-bond acceptors (Lipinski definition) is 1. The van der Waals surface area contributed by atoms with Crippen LogP contribution in [0.25, 0.3) is 0 Å². The van der Waals surface area contributed by atoms with Crippen molar-refractivity contribution in [3.63, 3.8) is 0 Å². The maximum atomic E-state index is 5.84. The molecule has 0 heterocycles. The van der Waals surface area contributed by atoms with Gasteiger partial charge in [-0.2, -0.15) is 0 Å². The Bertz CT molecular complexity index is 282. The number of rotatable bonds is 7.